The average Bonchev–Trinajstić information content (AvgIpc) is 2.87. The van der Waals surface area contributed by atoms with Gasteiger partial charge in [-0.05, 0) is 28.4 Å². The number of nitrogens with zero attached hydrogens (tertiary/aromatic N) is 4. The van der Waals surface area contributed by atoms with E-state index in [2.05, 4.69) is 20.9 Å². The van der Waals surface area contributed by atoms with Crippen LogP contribution in [0.4, 0.5) is 0 Å². The lowest BCUT2D eigenvalue weighted by molar-refractivity contribution is 0.170. The van der Waals surface area contributed by atoms with Gasteiger partial charge in [0, 0.05) is 7.05 Å². The predicted molar refractivity (Wildman–Crippen MR) is 94.2 cm³/mol. The van der Waals surface area contributed by atoms with Crippen molar-refractivity contribution in [2.45, 2.75) is 26.1 Å². The Balaban J connectivity index is 2.27. The highest BCUT2D eigenvalue weighted by Gasteiger charge is 2.19. The van der Waals surface area contributed by atoms with Crippen molar-refractivity contribution in [3.8, 4) is 0 Å². The summed E-state index contributed by atoms with van der Waals surface area (Å²) in [5.74, 6) is 0. The molecule has 0 saturated carbocycles. The maximum Gasteiger partial charge on any atom is 0.332 e. The van der Waals surface area contributed by atoms with Crippen LogP contribution in [0.25, 0.3) is 11.2 Å². The number of aromatic nitrogens is 4. The first-order chi connectivity index (χ1) is 11.4. The third-order valence-corrected chi connectivity index (χ3v) is 4.42. The number of fused-ring (bicyclic) bond motifs is 1. The molecule has 0 spiro atoms. The van der Waals surface area contributed by atoms with Crippen LogP contribution < -0.4 is 11.2 Å². The molecular formula is C16H17BrN4O3. The Bertz CT molecular complexity index is 1000. The number of hydrogen-bond acceptors (Lipinski definition) is 4. The standard InChI is InChI=1S/C16H17BrN4O3/c1-10(22)8-21-14(23)12-13(19(2)16(21)24)18-15(17)20(12)9-11-6-4-3-5-7-11/h3-7,10,22H,8-9H2,1-2H3/t10-/m0/s1. The Morgan fingerprint density at radius 1 is 1.21 bits per heavy atom. The summed E-state index contributed by atoms with van der Waals surface area (Å²) >= 11 is 3.37. The predicted octanol–water partition coefficient (Wildman–Crippen LogP) is 1.09. The molecule has 1 aromatic carbocycles. The van der Waals surface area contributed by atoms with Crippen molar-refractivity contribution in [3.05, 3.63) is 61.5 Å². The van der Waals surface area contributed by atoms with E-state index in [0.717, 1.165) is 10.1 Å². The van der Waals surface area contributed by atoms with Gasteiger partial charge in [-0.2, -0.15) is 0 Å². The summed E-state index contributed by atoms with van der Waals surface area (Å²) in [6.45, 7) is 1.92. The summed E-state index contributed by atoms with van der Waals surface area (Å²) in [4.78, 5) is 29.5. The van der Waals surface area contributed by atoms with Gasteiger partial charge in [-0.15, -0.1) is 0 Å². The van der Waals surface area contributed by atoms with Gasteiger partial charge in [0.1, 0.15) is 0 Å². The minimum atomic E-state index is -0.804. The lowest BCUT2D eigenvalue weighted by atomic mass is 10.2. The SMILES string of the molecule is C[C@H](O)Cn1c(=O)c2c(nc(Br)n2Cc2ccccc2)n(C)c1=O. The molecule has 3 rings (SSSR count). The zero-order valence-corrected chi connectivity index (χ0v) is 14.9. The Hall–Kier alpha value is -2.19. The highest BCUT2D eigenvalue weighted by molar-refractivity contribution is 9.10. The Kier molecular flexibility index (Phi) is 4.42. The summed E-state index contributed by atoms with van der Waals surface area (Å²) in [5, 5.41) is 9.59. The number of hydrogen-bond donors (Lipinski definition) is 1. The third kappa shape index (κ3) is 2.83. The van der Waals surface area contributed by atoms with Gasteiger partial charge in [0.2, 0.25) is 0 Å². The minimum Gasteiger partial charge on any atom is -0.392 e. The van der Waals surface area contributed by atoms with Crippen molar-refractivity contribution in [2.24, 2.45) is 7.05 Å². The monoisotopic (exact) mass is 392 g/mol. The number of imidazole rings is 1. The third-order valence-electron chi connectivity index (χ3n) is 3.82. The first-order valence-corrected chi connectivity index (χ1v) is 8.27. The molecule has 0 unspecified atom stereocenters. The highest BCUT2D eigenvalue weighted by Crippen LogP contribution is 2.18. The maximum absolute atomic E-state index is 12.8. The summed E-state index contributed by atoms with van der Waals surface area (Å²) in [7, 11) is 1.56. The fourth-order valence-corrected chi connectivity index (χ4v) is 3.15. The van der Waals surface area contributed by atoms with E-state index in [1.165, 1.54) is 11.5 Å². The minimum absolute atomic E-state index is 0.0599. The van der Waals surface area contributed by atoms with E-state index in [0.29, 0.717) is 22.4 Å². The Morgan fingerprint density at radius 2 is 1.88 bits per heavy atom. The Morgan fingerprint density at radius 3 is 2.50 bits per heavy atom. The van der Waals surface area contributed by atoms with Gasteiger partial charge in [0.15, 0.2) is 15.9 Å². The molecule has 0 aliphatic heterocycles. The molecule has 0 amide bonds. The van der Waals surface area contributed by atoms with Crippen molar-refractivity contribution in [3.63, 3.8) is 0 Å². The molecule has 7 nitrogen and oxygen atoms in total. The fraction of sp³-hybridized carbons (Fsp3) is 0.312. The van der Waals surface area contributed by atoms with E-state index in [9.17, 15) is 14.7 Å². The molecule has 2 aromatic heterocycles. The summed E-state index contributed by atoms with van der Waals surface area (Å²) in [5.41, 5.74) is 0.698. The first kappa shape index (κ1) is 16.7. The average molecular weight is 393 g/mol. The van der Waals surface area contributed by atoms with E-state index in [4.69, 9.17) is 0 Å². The van der Waals surface area contributed by atoms with Crippen LogP contribution in [-0.4, -0.2) is 29.9 Å². The van der Waals surface area contributed by atoms with Gasteiger partial charge in [0.05, 0.1) is 19.2 Å². The fourth-order valence-electron chi connectivity index (χ4n) is 2.68. The number of rotatable bonds is 4. The van der Waals surface area contributed by atoms with Gasteiger partial charge < -0.3 is 9.67 Å². The van der Waals surface area contributed by atoms with Crippen LogP contribution in [0, 0.1) is 0 Å². The van der Waals surface area contributed by atoms with Crippen molar-refractivity contribution in [1.29, 1.82) is 0 Å². The van der Waals surface area contributed by atoms with Crippen LogP contribution in [0.3, 0.4) is 0 Å². The molecule has 0 fully saturated rings. The molecule has 24 heavy (non-hydrogen) atoms. The van der Waals surface area contributed by atoms with Crippen molar-refractivity contribution >= 4 is 27.1 Å². The largest absolute Gasteiger partial charge is 0.392 e. The van der Waals surface area contributed by atoms with Gasteiger partial charge in [0.25, 0.3) is 5.56 Å². The maximum atomic E-state index is 12.8. The Labute approximate surface area is 145 Å². The molecule has 0 aliphatic carbocycles. The molecule has 0 radical (unpaired) electrons. The quantitative estimate of drug-likeness (QED) is 0.673. The highest BCUT2D eigenvalue weighted by atomic mass is 79.9. The van der Waals surface area contributed by atoms with Crippen molar-refractivity contribution in [1.82, 2.24) is 18.7 Å². The smallest absolute Gasteiger partial charge is 0.332 e. The molecule has 0 aliphatic rings. The zero-order chi connectivity index (χ0) is 17.4. The van der Waals surface area contributed by atoms with Crippen molar-refractivity contribution in [2.75, 3.05) is 0 Å². The lowest BCUT2D eigenvalue weighted by Gasteiger charge is -2.11. The van der Waals surface area contributed by atoms with E-state index < -0.39 is 17.4 Å². The van der Waals surface area contributed by atoms with Gasteiger partial charge in [-0.3, -0.25) is 13.9 Å². The molecular weight excluding hydrogens is 376 g/mol. The lowest BCUT2D eigenvalue weighted by Crippen LogP contribution is -2.41. The molecule has 1 atom stereocenters. The second-order valence-electron chi connectivity index (χ2n) is 5.73. The van der Waals surface area contributed by atoms with Gasteiger partial charge in [-0.25, -0.2) is 9.78 Å². The number of benzene rings is 1. The van der Waals surface area contributed by atoms with E-state index in [-0.39, 0.29) is 6.54 Å². The molecule has 126 valence electrons. The zero-order valence-electron chi connectivity index (χ0n) is 13.3. The molecule has 2 heterocycles. The second-order valence-corrected chi connectivity index (χ2v) is 6.44. The molecule has 0 saturated heterocycles. The number of aliphatic hydroxyl groups is 1. The number of aryl methyl sites for hydroxylation is 1. The molecule has 1 N–H and O–H groups in total. The van der Waals surface area contributed by atoms with Gasteiger partial charge >= 0.3 is 5.69 Å². The van der Waals surface area contributed by atoms with Crippen molar-refractivity contribution < 1.29 is 5.11 Å². The van der Waals surface area contributed by atoms with Crippen LogP contribution in [0.2, 0.25) is 0 Å². The topological polar surface area (TPSA) is 82.1 Å². The summed E-state index contributed by atoms with van der Waals surface area (Å²) in [6.07, 6.45) is -0.804. The van der Waals surface area contributed by atoms with Gasteiger partial charge in [-0.1, -0.05) is 30.3 Å². The van der Waals surface area contributed by atoms with Crippen LogP contribution in [0.1, 0.15) is 12.5 Å². The van der Waals surface area contributed by atoms with E-state index in [1.807, 2.05) is 30.3 Å². The molecule has 8 heteroatoms. The number of halogens is 1. The molecule has 0 bridgehead atoms. The van der Waals surface area contributed by atoms with Crippen LogP contribution in [0.15, 0.2) is 44.7 Å². The van der Waals surface area contributed by atoms with Crippen LogP contribution in [-0.2, 0) is 20.1 Å². The van der Waals surface area contributed by atoms with Crippen LogP contribution in [0.5, 0.6) is 0 Å². The molecule has 3 aromatic rings. The first-order valence-electron chi connectivity index (χ1n) is 7.47. The second kappa shape index (κ2) is 6.37. The normalized spacial score (nSPS) is 12.7. The number of aliphatic hydroxyl groups excluding tert-OH is 1. The van der Waals surface area contributed by atoms with E-state index >= 15 is 0 Å². The summed E-state index contributed by atoms with van der Waals surface area (Å²) in [6, 6.07) is 9.67. The van der Waals surface area contributed by atoms with Crippen LogP contribution >= 0.6 is 15.9 Å². The summed E-state index contributed by atoms with van der Waals surface area (Å²) < 4.78 is 4.57. The van der Waals surface area contributed by atoms with E-state index in [1.54, 1.807) is 11.6 Å².